The molecule has 1 aromatic heterocycles. The normalized spacial score (nSPS) is 24.1. The Balaban J connectivity index is 1.39. The van der Waals surface area contributed by atoms with Crippen LogP contribution in [0.15, 0.2) is 54.9 Å². The summed E-state index contributed by atoms with van der Waals surface area (Å²) in [5, 5.41) is 0. The average Bonchev–Trinajstić information content (AvgIpc) is 3.16. The molecule has 4 rings (SSSR count). The number of nitrogens with zero attached hydrogens (tertiary/aromatic N) is 3. The van der Waals surface area contributed by atoms with Gasteiger partial charge in [-0.15, -0.1) is 0 Å². The number of amides is 1. The molecule has 2 saturated heterocycles. The van der Waals surface area contributed by atoms with Crippen LogP contribution in [-0.4, -0.2) is 46.5 Å². The van der Waals surface area contributed by atoms with Crippen LogP contribution in [0.25, 0.3) is 0 Å². The maximum atomic E-state index is 12.8. The molecule has 1 amide bonds. The van der Waals surface area contributed by atoms with E-state index in [0.29, 0.717) is 6.54 Å². The Bertz CT molecular complexity index is 708. The topological polar surface area (TPSA) is 28.5 Å². The van der Waals surface area contributed by atoms with Gasteiger partial charge in [0.1, 0.15) is 6.54 Å². The van der Waals surface area contributed by atoms with E-state index in [9.17, 15) is 4.79 Å². The summed E-state index contributed by atoms with van der Waals surface area (Å²) in [7, 11) is 0. The van der Waals surface area contributed by atoms with Crippen molar-refractivity contribution in [2.24, 2.45) is 5.41 Å². The van der Waals surface area contributed by atoms with E-state index >= 15 is 0 Å². The number of likely N-dealkylation sites (tertiary alicyclic amines) is 2. The van der Waals surface area contributed by atoms with Crippen molar-refractivity contribution in [3.8, 4) is 0 Å². The highest BCUT2D eigenvalue weighted by Gasteiger charge is 2.40. The molecule has 4 heteroatoms. The fourth-order valence-electron chi connectivity index (χ4n) is 4.77. The molecule has 4 nitrogen and oxygen atoms in total. The molecular weight excluding hydrogens is 322 g/mol. The van der Waals surface area contributed by atoms with Gasteiger partial charge in [0.25, 0.3) is 0 Å². The quantitative estimate of drug-likeness (QED) is 0.845. The maximum Gasteiger partial charge on any atom is 0.242 e. The second-order valence-electron chi connectivity index (χ2n) is 8.07. The van der Waals surface area contributed by atoms with Crippen LogP contribution in [0.5, 0.6) is 0 Å². The first-order valence-electron chi connectivity index (χ1n) is 9.87. The summed E-state index contributed by atoms with van der Waals surface area (Å²) in [5.41, 5.74) is 1.68. The zero-order chi connectivity index (χ0) is 17.8. The molecule has 2 fully saturated rings. The van der Waals surface area contributed by atoms with Gasteiger partial charge < -0.3 is 9.47 Å². The lowest BCUT2D eigenvalue weighted by Crippen LogP contribution is -2.53. The number of carbonyl (C=O) groups excluding carboxylic acids is 1. The lowest BCUT2D eigenvalue weighted by atomic mass is 9.73. The van der Waals surface area contributed by atoms with Gasteiger partial charge in [0, 0.05) is 44.0 Å². The van der Waals surface area contributed by atoms with Gasteiger partial charge in [0.05, 0.1) is 0 Å². The van der Waals surface area contributed by atoms with Crippen LogP contribution in [0.3, 0.4) is 0 Å². The van der Waals surface area contributed by atoms with Crippen molar-refractivity contribution in [3.05, 3.63) is 60.4 Å². The Morgan fingerprint density at radius 2 is 1.65 bits per heavy atom. The molecule has 26 heavy (non-hydrogen) atoms. The lowest BCUT2D eigenvalue weighted by molar-refractivity contribution is -0.136. The summed E-state index contributed by atoms with van der Waals surface area (Å²) in [6.07, 6.45) is 8.83. The van der Waals surface area contributed by atoms with E-state index in [-0.39, 0.29) is 11.3 Å². The van der Waals surface area contributed by atoms with Gasteiger partial charge in [-0.2, -0.15) is 0 Å². The molecule has 0 N–H and O–H groups in total. The summed E-state index contributed by atoms with van der Waals surface area (Å²) in [6.45, 7) is 5.64. The van der Waals surface area contributed by atoms with Gasteiger partial charge in [0.15, 0.2) is 0 Å². The van der Waals surface area contributed by atoms with Gasteiger partial charge in [-0.3, -0.25) is 9.69 Å². The predicted molar refractivity (Wildman–Crippen MR) is 104 cm³/mol. The fraction of sp³-hybridized carbons (Fsp3) is 0.500. The summed E-state index contributed by atoms with van der Waals surface area (Å²) in [6, 6.07) is 14.7. The SMILES string of the molecule is O=C(Cn1cccc1)N1CCC[C@]2(CCCN(Cc3ccccc3)C2)C1. The molecule has 138 valence electrons. The smallest absolute Gasteiger partial charge is 0.242 e. The molecule has 2 aliphatic heterocycles. The fourth-order valence-corrected chi connectivity index (χ4v) is 4.77. The van der Waals surface area contributed by atoms with Crippen molar-refractivity contribution < 1.29 is 4.79 Å². The van der Waals surface area contributed by atoms with Crippen LogP contribution in [0, 0.1) is 5.41 Å². The minimum atomic E-state index is 0.264. The third-order valence-electron chi connectivity index (χ3n) is 5.99. The van der Waals surface area contributed by atoms with Crippen LogP contribution in [0.2, 0.25) is 0 Å². The average molecular weight is 351 g/mol. The van der Waals surface area contributed by atoms with Crippen LogP contribution in [0.4, 0.5) is 0 Å². The largest absolute Gasteiger partial charge is 0.345 e. The second kappa shape index (κ2) is 7.67. The zero-order valence-corrected chi connectivity index (χ0v) is 15.5. The molecule has 0 bridgehead atoms. The molecule has 0 unspecified atom stereocenters. The molecule has 1 spiro atoms. The lowest BCUT2D eigenvalue weighted by Gasteiger charge is -2.48. The van der Waals surface area contributed by atoms with Crippen molar-refractivity contribution in [3.63, 3.8) is 0 Å². The standard InChI is InChI=1S/C22H29N3O/c26-21(17-23-12-4-5-13-23)25-15-7-11-22(19-25)10-6-14-24(18-22)16-20-8-2-1-3-9-20/h1-5,8-9,12-13H,6-7,10-11,14-19H2/t22-/m0/s1. The van der Waals surface area contributed by atoms with E-state index < -0.39 is 0 Å². The summed E-state index contributed by atoms with van der Waals surface area (Å²) in [5.74, 6) is 0.264. The Morgan fingerprint density at radius 3 is 2.42 bits per heavy atom. The molecule has 0 saturated carbocycles. The van der Waals surface area contributed by atoms with Crippen molar-refractivity contribution in [2.45, 2.75) is 38.8 Å². The zero-order valence-electron chi connectivity index (χ0n) is 15.5. The van der Waals surface area contributed by atoms with Crippen LogP contribution in [0.1, 0.15) is 31.2 Å². The Labute approximate surface area is 156 Å². The minimum absolute atomic E-state index is 0.264. The number of rotatable bonds is 4. The molecule has 0 aliphatic carbocycles. The summed E-state index contributed by atoms with van der Waals surface area (Å²) >= 11 is 0. The minimum Gasteiger partial charge on any atom is -0.345 e. The maximum absolute atomic E-state index is 12.8. The van der Waals surface area contributed by atoms with Crippen LogP contribution < -0.4 is 0 Å². The first-order chi connectivity index (χ1) is 12.7. The number of hydrogen-bond donors (Lipinski definition) is 0. The number of aromatic nitrogens is 1. The van der Waals surface area contributed by atoms with E-state index in [2.05, 4.69) is 40.1 Å². The van der Waals surface area contributed by atoms with Crippen molar-refractivity contribution in [1.82, 2.24) is 14.4 Å². The van der Waals surface area contributed by atoms with Crippen LogP contribution in [-0.2, 0) is 17.9 Å². The third-order valence-corrected chi connectivity index (χ3v) is 5.99. The molecule has 1 atom stereocenters. The first-order valence-corrected chi connectivity index (χ1v) is 9.87. The monoisotopic (exact) mass is 351 g/mol. The highest BCUT2D eigenvalue weighted by atomic mass is 16.2. The van der Waals surface area contributed by atoms with Crippen molar-refractivity contribution >= 4 is 5.91 Å². The van der Waals surface area contributed by atoms with Gasteiger partial charge in [-0.05, 0) is 49.9 Å². The van der Waals surface area contributed by atoms with Crippen LogP contribution >= 0.6 is 0 Å². The van der Waals surface area contributed by atoms with Gasteiger partial charge >= 0.3 is 0 Å². The Morgan fingerprint density at radius 1 is 0.923 bits per heavy atom. The van der Waals surface area contributed by atoms with E-state index in [0.717, 1.165) is 32.6 Å². The predicted octanol–water partition coefficient (Wildman–Crippen LogP) is 3.39. The highest BCUT2D eigenvalue weighted by Crippen LogP contribution is 2.39. The molecule has 0 radical (unpaired) electrons. The van der Waals surface area contributed by atoms with Gasteiger partial charge in [0.2, 0.25) is 5.91 Å². The van der Waals surface area contributed by atoms with E-state index in [4.69, 9.17) is 0 Å². The Hall–Kier alpha value is -2.07. The van der Waals surface area contributed by atoms with Crippen molar-refractivity contribution in [1.29, 1.82) is 0 Å². The van der Waals surface area contributed by atoms with Gasteiger partial charge in [-0.1, -0.05) is 30.3 Å². The molecule has 3 heterocycles. The van der Waals surface area contributed by atoms with E-state index in [1.54, 1.807) is 0 Å². The first kappa shape index (κ1) is 17.3. The number of carbonyl (C=O) groups is 1. The summed E-state index contributed by atoms with van der Waals surface area (Å²) in [4.78, 5) is 17.5. The van der Waals surface area contributed by atoms with E-state index in [1.807, 2.05) is 29.1 Å². The second-order valence-corrected chi connectivity index (χ2v) is 8.07. The van der Waals surface area contributed by atoms with Gasteiger partial charge in [-0.25, -0.2) is 0 Å². The number of hydrogen-bond acceptors (Lipinski definition) is 2. The molecule has 1 aromatic carbocycles. The molecular formula is C22H29N3O. The third kappa shape index (κ3) is 4.01. The molecule has 2 aliphatic rings. The van der Waals surface area contributed by atoms with Crippen molar-refractivity contribution in [2.75, 3.05) is 26.2 Å². The summed E-state index contributed by atoms with van der Waals surface area (Å²) < 4.78 is 1.98. The number of piperidine rings is 2. The molecule has 2 aromatic rings. The Kier molecular flexibility index (Phi) is 5.11. The highest BCUT2D eigenvalue weighted by molar-refractivity contribution is 5.76. The van der Waals surface area contributed by atoms with E-state index in [1.165, 1.54) is 31.4 Å². The number of benzene rings is 1.